The lowest BCUT2D eigenvalue weighted by molar-refractivity contribution is 0.323. The molecule has 0 radical (unpaired) electrons. The van der Waals surface area contributed by atoms with Crippen molar-refractivity contribution < 1.29 is 4.52 Å². The van der Waals surface area contributed by atoms with E-state index in [0.717, 1.165) is 50.1 Å². The summed E-state index contributed by atoms with van der Waals surface area (Å²) in [7, 11) is 0. The first-order chi connectivity index (χ1) is 9.84. The van der Waals surface area contributed by atoms with Crippen molar-refractivity contribution in [2.24, 2.45) is 0 Å². The number of halogens is 1. The van der Waals surface area contributed by atoms with Gasteiger partial charge in [-0.05, 0) is 44.3 Å². The lowest BCUT2D eigenvalue weighted by Gasteiger charge is -2.20. The van der Waals surface area contributed by atoms with E-state index in [9.17, 15) is 4.79 Å². The molecule has 0 bridgehead atoms. The lowest BCUT2D eigenvalue weighted by Crippen LogP contribution is -2.27. The number of aromatic amines is 1. The van der Waals surface area contributed by atoms with Gasteiger partial charge in [-0.2, -0.15) is 5.16 Å². The highest BCUT2D eigenvalue weighted by atomic mass is 79.9. The first-order valence-electron chi connectivity index (χ1n) is 7.29. The van der Waals surface area contributed by atoms with Crippen molar-refractivity contribution in [1.82, 2.24) is 10.5 Å². The minimum Gasteiger partial charge on any atom is -0.383 e. The number of H-pyrrole nitrogens is 1. The van der Waals surface area contributed by atoms with Gasteiger partial charge in [0, 0.05) is 5.92 Å². The van der Waals surface area contributed by atoms with Crippen molar-refractivity contribution in [3.8, 4) is 0 Å². The van der Waals surface area contributed by atoms with Crippen LogP contribution >= 0.6 is 17.0 Å². The number of hydrogen-bond donors (Lipinski definition) is 2. The monoisotopic (exact) mass is 352 g/mol. The van der Waals surface area contributed by atoms with Crippen LogP contribution in [0.5, 0.6) is 0 Å². The molecule has 1 aliphatic heterocycles. The zero-order valence-electron chi connectivity index (χ0n) is 11.9. The molecule has 1 aromatic heterocycles. The van der Waals surface area contributed by atoms with E-state index in [4.69, 9.17) is 4.52 Å². The van der Waals surface area contributed by atoms with Crippen molar-refractivity contribution in [1.29, 1.82) is 0 Å². The van der Waals surface area contributed by atoms with Crippen LogP contribution in [-0.2, 0) is 12.8 Å². The Balaban J connectivity index is 0.00000161. The van der Waals surface area contributed by atoms with Crippen LogP contribution in [0.15, 0.2) is 39.6 Å². The summed E-state index contributed by atoms with van der Waals surface area (Å²) in [6, 6.07) is 10.3. The molecule has 2 aromatic rings. The van der Waals surface area contributed by atoms with E-state index in [2.05, 4.69) is 22.6 Å². The Hall–Kier alpha value is -1.33. The third kappa shape index (κ3) is 3.86. The summed E-state index contributed by atoms with van der Waals surface area (Å²) in [5.74, 6) is 1.26. The molecular formula is C16H21BrN2O2. The van der Waals surface area contributed by atoms with Gasteiger partial charge < -0.3 is 9.84 Å². The van der Waals surface area contributed by atoms with Crippen molar-refractivity contribution >= 4 is 17.0 Å². The molecular weight excluding hydrogens is 332 g/mol. The van der Waals surface area contributed by atoms with E-state index in [1.807, 2.05) is 18.2 Å². The van der Waals surface area contributed by atoms with Crippen LogP contribution in [0.25, 0.3) is 0 Å². The summed E-state index contributed by atoms with van der Waals surface area (Å²) >= 11 is 0. The number of hydrogen-bond acceptors (Lipinski definition) is 3. The van der Waals surface area contributed by atoms with E-state index in [1.165, 1.54) is 5.56 Å². The highest BCUT2D eigenvalue weighted by Crippen LogP contribution is 2.27. The van der Waals surface area contributed by atoms with Crippen LogP contribution in [0, 0.1) is 0 Å². The lowest BCUT2D eigenvalue weighted by atomic mass is 9.91. The molecule has 0 atom stereocenters. The normalized spacial score (nSPS) is 15.6. The maximum absolute atomic E-state index is 11.9. The van der Waals surface area contributed by atoms with Gasteiger partial charge in [0.15, 0.2) is 0 Å². The van der Waals surface area contributed by atoms with E-state index >= 15 is 0 Å². The van der Waals surface area contributed by atoms with Crippen molar-refractivity contribution in [3.05, 3.63) is 57.6 Å². The van der Waals surface area contributed by atoms with Gasteiger partial charge in [0.2, 0.25) is 0 Å². The molecule has 114 valence electrons. The molecule has 21 heavy (non-hydrogen) atoms. The van der Waals surface area contributed by atoms with Crippen LogP contribution in [0.1, 0.15) is 35.6 Å². The highest BCUT2D eigenvalue weighted by molar-refractivity contribution is 8.93. The van der Waals surface area contributed by atoms with Gasteiger partial charge in [-0.3, -0.25) is 4.79 Å². The van der Waals surface area contributed by atoms with Crippen molar-refractivity contribution in [3.63, 3.8) is 0 Å². The van der Waals surface area contributed by atoms with E-state index in [1.54, 1.807) is 0 Å². The van der Waals surface area contributed by atoms with E-state index in [0.29, 0.717) is 5.92 Å². The van der Waals surface area contributed by atoms with Gasteiger partial charge in [0.1, 0.15) is 5.76 Å². The number of aryl methyl sites for hydroxylation is 1. The zero-order valence-corrected chi connectivity index (χ0v) is 13.6. The van der Waals surface area contributed by atoms with Crippen LogP contribution in [0.3, 0.4) is 0 Å². The molecule has 1 aromatic carbocycles. The standard InChI is InChI=1S/C16H20N2O2.BrH/c19-16-14(7-6-12-4-2-1-3-5-12)15(20-18-16)13-8-10-17-11-9-13;/h1-5,13,17H,6-11H2,(H,18,19);1H. The third-order valence-electron chi connectivity index (χ3n) is 4.04. The van der Waals surface area contributed by atoms with Crippen molar-refractivity contribution in [2.45, 2.75) is 31.6 Å². The molecule has 2 N–H and O–H groups in total. The quantitative estimate of drug-likeness (QED) is 0.889. The average molecular weight is 353 g/mol. The largest absolute Gasteiger partial charge is 0.383 e. The number of piperidine rings is 1. The van der Waals surface area contributed by atoms with Gasteiger partial charge >= 0.3 is 0 Å². The maximum Gasteiger partial charge on any atom is 0.283 e. The number of nitrogens with one attached hydrogen (secondary N) is 2. The SMILES string of the molecule is Br.O=c1[nH]oc(C2CCNCC2)c1CCc1ccccc1. The summed E-state index contributed by atoms with van der Waals surface area (Å²) in [4.78, 5) is 11.9. The molecule has 4 nitrogen and oxygen atoms in total. The van der Waals surface area contributed by atoms with Crippen molar-refractivity contribution in [2.75, 3.05) is 13.1 Å². The summed E-state index contributed by atoms with van der Waals surface area (Å²) in [6.45, 7) is 2.00. The fourth-order valence-electron chi connectivity index (χ4n) is 2.90. The number of aromatic nitrogens is 1. The Bertz CT molecular complexity index is 600. The third-order valence-corrected chi connectivity index (χ3v) is 4.04. The number of rotatable bonds is 4. The van der Waals surface area contributed by atoms with Crippen LogP contribution in [0.2, 0.25) is 0 Å². The first-order valence-corrected chi connectivity index (χ1v) is 7.29. The molecule has 0 spiro atoms. The molecule has 2 heterocycles. The smallest absolute Gasteiger partial charge is 0.283 e. The Morgan fingerprint density at radius 2 is 1.81 bits per heavy atom. The summed E-state index contributed by atoms with van der Waals surface area (Å²) in [5.41, 5.74) is 2.03. The van der Waals surface area contributed by atoms with Gasteiger partial charge in [-0.25, -0.2) is 0 Å². The minimum absolute atomic E-state index is 0. The predicted octanol–water partition coefficient (Wildman–Crippen LogP) is 2.80. The topological polar surface area (TPSA) is 58.0 Å². The molecule has 1 aliphatic rings. The fourth-order valence-corrected chi connectivity index (χ4v) is 2.90. The minimum atomic E-state index is -0.0607. The Morgan fingerprint density at radius 1 is 1.10 bits per heavy atom. The predicted molar refractivity (Wildman–Crippen MR) is 88.3 cm³/mol. The van der Waals surface area contributed by atoms with E-state index in [-0.39, 0.29) is 22.5 Å². The molecule has 1 saturated heterocycles. The van der Waals surface area contributed by atoms with E-state index < -0.39 is 0 Å². The summed E-state index contributed by atoms with van der Waals surface area (Å²) in [6.07, 6.45) is 3.70. The molecule has 0 unspecified atom stereocenters. The molecule has 5 heteroatoms. The second kappa shape index (κ2) is 7.61. The van der Waals surface area contributed by atoms with Gasteiger partial charge in [-0.1, -0.05) is 30.3 Å². The second-order valence-corrected chi connectivity index (χ2v) is 5.39. The molecule has 0 aliphatic carbocycles. The first kappa shape index (κ1) is 16.0. The average Bonchev–Trinajstić information content (AvgIpc) is 2.88. The Morgan fingerprint density at radius 3 is 2.52 bits per heavy atom. The summed E-state index contributed by atoms with van der Waals surface area (Å²) < 4.78 is 5.46. The highest BCUT2D eigenvalue weighted by Gasteiger charge is 2.23. The van der Waals surface area contributed by atoms with Gasteiger partial charge in [0.05, 0.1) is 5.56 Å². The zero-order chi connectivity index (χ0) is 13.8. The maximum atomic E-state index is 11.9. The van der Waals surface area contributed by atoms with Crippen LogP contribution in [-0.4, -0.2) is 18.2 Å². The van der Waals surface area contributed by atoms with Crippen LogP contribution < -0.4 is 10.9 Å². The fraction of sp³-hybridized carbons (Fsp3) is 0.438. The second-order valence-electron chi connectivity index (χ2n) is 5.39. The molecule has 0 saturated carbocycles. The molecule has 1 fully saturated rings. The van der Waals surface area contributed by atoms with Gasteiger partial charge in [0.25, 0.3) is 5.56 Å². The summed E-state index contributed by atoms with van der Waals surface area (Å²) in [5, 5.41) is 5.86. The number of benzene rings is 1. The molecule has 0 amide bonds. The van der Waals surface area contributed by atoms with Gasteiger partial charge in [-0.15, -0.1) is 17.0 Å². The Labute approximate surface area is 134 Å². The molecule has 3 rings (SSSR count). The van der Waals surface area contributed by atoms with Crippen LogP contribution in [0.4, 0.5) is 0 Å². The Kier molecular flexibility index (Phi) is 5.82.